The van der Waals surface area contributed by atoms with E-state index in [-0.39, 0.29) is 28.8 Å². The number of imidazole rings is 1. The molecule has 35 heavy (non-hydrogen) atoms. The highest BCUT2D eigenvalue weighted by Crippen LogP contribution is 2.40. The lowest BCUT2D eigenvalue weighted by Crippen LogP contribution is -2.29. The number of pyridine rings is 1. The van der Waals surface area contributed by atoms with Gasteiger partial charge in [0.05, 0.1) is 36.4 Å². The molecule has 1 saturated carbocycles. The van der Waals surface area contributed by atoms with Crippen LogP contribution in [-0.4, -0.2) is 27.0 Å². The summed E-state index contributed by atoms with van der Waals surface area (Å²) in [7, 11) is 1.54. The van der Waals surface area contributed by atoms with Gasteiger partial charge in [-0.2, -0.15) is 0 Å². The maximum Gasteiger partial charge on any atom is 0.262 e. The van der Waals surface area contributed by atoms with Crippen molar-refractivity contribution in [1.29, 1.82) is 0 Å². The number of nitrogens with zero attached hydrogens (tertiary/aromatic N) is 3. The van der Waals surface area contributed by atoms with Crippen molar-refractivity contribution in [2.75, 3.05) is 7.11 Å². The van der Waals surface area contributed by atoms with Gasteiger partial charge in [-0.25, -0.2) is 9.37 Å². The highest BCUT2D eigenvalue weighted by atomic mass is 19.1. The van der Waals surface area contributed by atoms with Crippen LogP contribution in [0.25, 0.3) is 5.69 Å². The van der Waals surface area contributed by atoms with Crippen molar-refractivity contribution in [1.82, 2.24) is 14.1 Å². The van der Waals surface area contributed by atoms with Gasteiger partial charge in [0.1, 0.15) is 11.6 Å². The van der Waals surface area contributed by atoms with Gasteiger partial charge in [-0.05, 0) is 80.1 Å². The summed E-state index contributed by atoms with van der Waals surface area (Å²) in [6.07, 6.45) is 7.46. The molecule has 7 heteroatoms. The summed E-state index contributed by atoms with van der Waals surface area (Å²) in [6, 6.07) is 12.6. The average molecular weight is 472 g/mol. The van der Waals surface area contributed by atoms with E-state index in [1.54, 1.807) is 54.4 Å². The molecule has 0 bridgehead atoms. The number of carbonyl (C=O) groups excluding carboxylic acids is 1. The Morgan fingerprint density at radius 1 is 1.11 bits per heavy atom. The first-order valence-electron chi connectivity index (χ1n) is 11.6. The first kappa shape index (κ1) is 22.8. The predicted octanol–water partition coefficient (Wildman–Crippen LogP) is 5.21. The lowest BCUT2D eigenvalue weighted by atomic mass is 10.00. The molecule has 2 aromatic carbocycles. The third kappa shape index (κ3) is 4.41. The van der Waals surface area contributed by atoms with Crippen molar-refractivity contribution in [3.05, 3.63) is 111 Å². The molecule has 0 aliphatic heterocycles. The van der Waals surface area contributed by atoms with Gasteiger partial charge in [-0.15, -0.1) is 0 Å². The van der Waals surface area contributed by atoms with E-state index in [2.05, 4.69) is 4.98 Å². The maximum atomic E-state index is 13.6. The van der Waals surface area contributed by atoms with Crippen LogP contribution in [0.4, 0.5) is 4.39 Å². The van der Waals surface area contributed by atoms with Crippen molar-refractivity contribution in [3.8, 4) is 11.4 Å². The van der Waals surface area contributed by atoms with Crippen LogP contribution in [0.15, 0.2) is 72.0 Å². The van der Waals surface area contributed by atoms with E-state index in [9.17, 15) is 14.0 Å². The molecule has 5 rings (SSSR count). The molecule has 2 aromatic heterocycles. The SMILES string of the molecule is COc1cc(C(=O)c2cc(C3CC3)cn(C(C)c3ccc(F)cc3)c2=O)ccc1-n1cnc(C)c1. The second-order valence-corrected chi connectivity index (χ2v) is 9.04. The zero-order valence-corrected chi connectivity index (χ0v) is 19.9. The Labute approximate surface area is 202 Å². The number of hydrogen-bond acceptors (Lipinski definition) is 4. The zero-order valence-electron chi connectivity index (χ0n) is 19.9. The van der Waals surface area contributed by atoms with Crippen LogP contribution in [0.3, 0.4) is 0 Å². The standard InChI is InChI=1S/C28H26FN3O3/c1-17-14-31(16-30-17)25-11-8-21(13-26(25)35-3)27(33)24-12-22(20-4-5-20)15-32(28(24)34)18(2)19-6-9-23(29)10-7-19/h6-16,18,20H,4-5H2,1-3H3. The minimum Gasteiger partial charge on any atom is -0.495 e. The van der Waals surface area contributed by atoms with E-state index in [1.165, 1.54) is 12.1 Å². The third-order valence-electron chi connectivity index (χ3n) is 6.56. The second-order valence-electron chi connectivity index (χ2n) is 9.04. The van der Waals surface area contributed by atoms with E-state index >= 15 is 0 Å². The van der Waals surface area contributed by atoms with Crippen LogP contribution in [0.5, 0.6) is 5.75 Å². The van der Waals surface area contributed by atoms with Crippen LogP contribution in [0.1, 0.15) is 64.5 Å². The molecular formula is C28H26FN3O3. The Kier molecular flexibility index (Phi) is 5.84. The van der Waals surface area contributed by atoms with E-state index in [0.29, 0.717) is 17.2 Å². The maximum absolute atomic E-state index is 13.6. The van der Waals surface area contributed by atoms with Crippen molar-refractivity contribution < 1.29 is 13.9 Å². The molecule has 0 amide bonds. The molecule has 0 radical (unpaired) electrons. The summed E-state index contributed by atoms with van der Waals surface area (Å²) < 4.78 is 22.4. The van der Waals surface area contributed by atoms with Gasteiger partial charge in [0.2, 0.25) is 0 Å². The lowest BCUT2D eigenvalue weighted by molar-refractivity contribution is 0.103. The van der Waals surface area contributed by atoms with Crippen LogP contribution in [0.2, 0.25) is 0 Å². The molecular weight excluding hydrogens is 445 g/mol. The van der Waals surface area contributed by atoms with Crippen molar-refractivity contribution in [2.24, 2.45) is 0 Å². The largest absolute Gasteiger partial charge is 0.495 e. The summed E-state index contributed by atoms with van der Waals surface area (Å²) in [5, 5.41) is 0. The molecule has 6 nitrogen and oxygen atoms in total. The minimum atomic E-state index is -0.371. The van der Waals surface area contributed by atoms with Crippen molar-refractivity contribution in [2.45, 2.75) is 38.6 Å². The average Bonchev–Trinajstić information content (AvgIpc) is 3.63. The van der Waals surface area contributed by atoms with E-state index in [4.69, 9.17) is 4.74 Å². The van der Waals surface area contributed by atoms with Crippen LogP contribution in [0, 0.1) is 12.7 Å². The molecule has 1 aliphatic carbocycles. The number of hydrogen-bond donors (Lipinski definition) is 0. The predicted molar refractivity (Wildman–Crippen MR) is 131 cm³/mol. The molecule has 1 aliphatic rings. The number of methoxy groups -OCH3 is 1. The van der Waals surface area contributed by atoms with Gasteiger partial charge >= 0.3 is 0 Å². The monoisotopic (exact) mass is 471 g/mol. The van der Waals surface area contributed by atoms with Crippen LogP contribution < -0.4 is 10.3 Å². The first-order valence-corrected chi connectivity index (χ1v) is 11.6. The van der Waals surface area contributed by atoms with E-state index in [1.807, 2.05) is 30.8 Å². The summed E-state index contributed by atoms with van der Waals surface area (Å²) in [6.45, 7) is 3.77. The van der Waals surface area contributed by atoms with Crippen molar-refractivity contribution in [3.63, 3.8) is 0 Å². The van der Waals surface area contributed by atoms with E-state index < -0.39 is 0 Å². The van der Waals surface area contributed by atoms with Gasteiger partial charge in [0.15, 0.2) is 5.78 Å². The normalized spacial score (nSPS) is 14.1. The summed E-state index contributed by atoms with van der Waals surface area (Å²) in [5.74, 6) is 0.158. The van der Waals surface area contributed by atoms with Gasteiger partial charge in [0, 0.05) is 18.0 Å². The number of ketones is 1. The fourth-order valence-corrected chi connectivity index (χ4v) is 4.36. The third-order valence-corrected chi connectivity index (χ3v) is 6.56. The van der Waals surface area contributed by atoms with Gasteiger partial charge in [0.25, 0.3) is 5.56 Å². The molecule has 1 atom stereocenters. The molecule has 4 aromatic rings. The Balaban J connectivity index is 1.57. The first-order chi connectivity index (χ1) is 16.9. The fraction of sp³-hybridized carbons (Fsp3) is 0.250. The molecule has 178 valence electrons. The highest BCUT2D eigenvalue weighted by molar-refractivity contribution is 6.09. The molecule has 1 fully saturated rings. The van der Waals surface area contributed by atoms with Crippen LogP contribution in [-0.2, 0) is 0 Å². The van der Waals surface area contributed by atoms with Gasteiger partial charge in [-0.1, -0.05) is 12.1 Å². The minimum absolute atomic E-state index is 0.122. The van der Waals surface area contributed by atoms with E-state index in [0.717, 1.165) is 35.3 Å². The topological polar surface area (TPSA) is 66.1 Å². The fourth-order valence-electron chi connectivity index (χ4n) is 4.36. The molecule has 1 unspecified atom stereocenters. The number of halogens is 1. The Morgan fingerprint density at radius 3 is 2.49 bits per heavy atom. The van der Waals surface area contributed by atoms with Gasteiger partial charge < -0.3 is 13.9 Å². The molecule has 0 N–H and O–H groups in total. The lowest BCUT2D eigenvalue weighted by Gasteiger charge is -2.19. The molecule has 0 saturated heterocycles. The number of carbonyl (C=O) groups is 1. The Bertz CT molecular complexity index is 1470. The quantitative estimate of drug-likeness (QED) is 0.347. The number of aryl methyl sites for hydroxylation is 1. The molecule has 2 heterocycles. The Morgan fingerprint density at radius 2 is 1.86 bits per heavy atom. The number of ether oxygens (including phenoxy) is 1. The molecule has 0 spiro atoms. The summed E-state index contributed by atoms with van der Waals surface area (Å²) in [4.78, 5) is 31.4. The summed E-state index contributed by atoms with van der Waals surface area (Å²) in [5.41, 5.74) is 3.49. The van der Waals surface area contributed by atoms with Crippen LogP contribution >= 0.6 is 0 Å². The van der Waals surface area contributed by atoms with Gasteiger partial charge in [-0.3, -0.25) is 9.59 Å². The number of aromatic nitrogens is 3. The number of benzene rings is 2. The highest BCUT2D eigenvalue weighted by Gasteiger charge is 2.28. The zero-order chi connectivity index (χ0) is 24.7. The second kappa shape index (κ2) is 8.98. The Hall–Kier alpha value is -4.00. The smallest absolute Gasteiger partial charge is 0.262 e. The number of rotatable bonds is 7. The summed E-state index contributed by atoms with van der Waals surface area (Å²) >= 11 is 0. The van der Waals surface area contributed by atoms with Crippen molar-refractivity contribution >= 4 is 5.78 Å².